The third-order valence-corrected chi connectivity index (χ3v) is 4.19. The summed E-state index contributed by atoms with van der Waals surface area (Å²) < 4.78 is 3.96. The van der Waals surface area contributed by atoms with Gasteiger partial charge in [-0.1, -0.05) is 17.7 Å². The van der Waals surface area contributed by atoms with E-state index in [0.29, 0.717) is 0 Å². The molecule has 0 unspecified atom stereocenters. The van der Waals surface area contributed by atoms with E-state index in [1.807, 2.05) is 54.3 Å². The summed E-state index contributed by atoms with van der Waals surface area (Å²) in [5, 5.41) is 5.36. The third kappa shape index (κ3) is 2.00. The Balaban J connectivity index is 1.90. The van der Waals surface area contributed by atoms with Crippen molar-refractivity contribution in [2.45, 2.75) is 6.92 Å². The Hall–Kier alpha value is -2.59. The first kappa shape index (κ1) is 13.1. The molecule has 0 saturated carbocycles. The number of hydrogen-bond donors (Lipinski definition) is 0. The highest BCUT2D eigenvalue weighted by molar-refractivity contribution is 6.31. The van der Waals surface area contributed by atoms with Gasteiger partial charge < -0.3 is 0 Å². The first-order chi connectivity index (χ1) is 10.7. The average molecular weight is 309 g/mol. The Morgan fingerprint density at radius 3 is 2.82 bits per heavy atom. The summed E-state index contributed by atoms with van der Waals surface area (Å²) in [5.41, 5.74) is 4.99. The molecule has 0 bridgehead atoms. The fraction of sp³-hybridized carbons (Fsp3) is 0.0588. The summed E-state index contributed by atoms with van der Waals surface area (Å²) in [6.45, 7) is 2.02. The van der Waals surface area contributed by atoms with Crippen LogP contribution in [0.4, 0.5) is 0 Å². The summed E-state index contributed by atoms with van der Waals surface area (Å²) in [5.74, 6) is 0. The van der Waals surface area contributed by atoms with Crippen LogP contribution in [-0.4, -0.2) is 19.2 Å². The molecule has 0 amide bonds. The Bertz CT molecular complexity index is 953. The van der Waals surface area contributed by atoms with Crippen LogP contribution >= 0.6 is 11.6 Å². The zero-order valence-corrected chi connectivity index (χ0v) is 12.7. The summed E-state index contributed by atoms with van der Waals surface area (Å²) >= 11 is 6.24. The number of hydrogen-bond acceptors (Lipinski definition) is 2. The van der Waals surface area contributed by atoms with Gasteiger partial charge >= 0.3 is 0 Å². The number of aromatic nitrogens is 4. The number of fused-ring (bicyclic) bond motifs is 1. The molecule has 22 heavy (non-hydrogen) atoms. The molecule has 3 heterocycles. The topological polar surface area (TPSA) is 35.1 Å². The van der Waals surface area contributed by atoms with Gasteiger partial charge in [0.2, 0.25) is 0 Å². The molecule has 0 spiro atoms. The van der Waals surface area contributed by atoms with E-state index in [4.69, 9.17) is 11.6 Å². The van der Waals surface area contributed by atoms with Crippen LogP contribution in [0.5, 0.6) is 0 Å². The van der Waals surface area contributed by atoms with Gasteiger partial charge in [-0.15, -0.1) is 0 Å². The van der Waals surface area contributed by atoms with Crippen molar-refractivity contribution in [3.63, 3.8) is 0 Å². The van der Waals surface area contributed by atoms with Crippen molar-refractivity contribution in [1.29, 1.82) is 0 Å². The van der Waals surface area contributed by atoms with Crippen molar-refractivity contribution in [1.82, 2.24) is 19.2 Å². The van der Waals surface area contributed by atoms with E-state index in [-0.39, 0.29) is 0 Å². The quantitative estimate of drug-likeness (QED) is 0.557. The molecule has 108 valence electrons. The van der Waals surface area contributed by atoms with Crippen molar-refractivity contribution < 1.29 is 0 Å². The number of imidazole rings is 1. The lowest BCUT2D eigenvalue weighted by Crippen LogP contribution is -1.95. The van der Waals surface area contributed by atoms with Crippen LogP contribution in [0.3, 0.4) is 0 Å². The molecular weight excluding hydrogens is 296 g/mol. The maximum absolute atomic E-state index is 6.24. The van der Waals surface area contributed by atoms with Gasteiger partial charge in [-0.05, 0) is 36.8 Å². The summed E-state index contributed by atoms with van der Waals surface area (Å²) in [6, 6.07) is 11.9. The number of benzene rings is 1. The van der Waals surface area contributed by atoms with E-state index < -0.39 is 0 Å². The van der Waals surface area contributed by atoms with E-state index in [1.54, 1.807) is 6.20 Å². The Kier molecular flexibility index (Phi) is 2.98. The Labute approximate surface area is 132 Å². The maximum Gasteiger partial charge on any atom is 0.140 e. The smallest absolute Gasteiger partial charge is 0.140 e. The molecule has 0 radical (unpaired) electrons. The summed E-state index contributed by atoms with van der Waals surface area (Å²) in [4.78, 5) is 4.15. The lowest BCUT2D eigenvalue weighted by Gasteiger charge is -2.08. The first-order valence-corrected chi connectivity index (χ1v) is 7.34. The molecule has 4 aromatic rings. The van der Waals surface area contributed by atoms with Gasteiger partial charge in [0, 0.05) is 41.4 Å². The van der Waals surface area contributed by atoms with E-state index in [1.165, 1.54) is 0 Å². The van der Waals surface area contributed by atoms with E-state index in [0.717, 1.165) is 33.2 Å². The molecule has 0 saturated heterocycles. The minimum absolute atomic E-state index is 0.761. The van der Waals surface area contributed by atoms with Crippen molar-refractivity contribution in [3.05, 3.63) is 71.8 Å². The summed E-state index contributed by atoms with van der Waals surface area (Å²) in [7, 11) is 0. The normalized spacial score (nSPS) is 11.2. The lowest BCUT2D eigenvalue weighted by atomic mass is 10.2. The van der Waals surface area contributed by atoms with E-state index in [9.17, 15) is 0 Å². The number of pyridine rings is 1. The minimum atomic E-state index is 0.761. The molecule has 1 aromatic carbocycles. The molecule has 5 heteroatoms. The van der Waals surface area contributed by atoms with Gasteiger partial charge in [-0.3, -0.25) is 9.55 Å². The van der Waals surface area contributed by atoms with Crippen LogP contribution in [0.2, 0.25) is 5.02 Å². The van der Waals surface area contributed by atoms with Gasteiger partial charge in [-0.25, -0.2) is 4.52 Å². The molecular formula is C17H13ClN4. The SMILES string of the molecule is Cc1c(Cl)cccc1-n1ccn2nc(-c3cccnc3)cc12. The predicted octanol–water partition coefficient (Wildman–Crippen LogP) is 4.15. The van der Waals surface area contributed by atoms with Crippen molar-refractivity contribution in [2.75, 3.05) is 0 Å². The van der Waals surface area contributed by atoms with Crippen molar-refractivity contribution in [2.24, 2.45) is 0 Å². The van der Waals surface area contributed by atoms with Crippen LogP contribution in [0.15, 0.2) is 61.2 Å². The highest BCUT2D eigenvalue weighted by Gasteiger charge is 2.11. The fourth-order valence-corrected chi connectivity index (χ4v) is 2.77. The molecule has 0 atom stereocenters. The third-order valence-electron chi connectivity index (χ3n) is 3.78. The Morgan fingerprint density at radius 1 is 1.09 bits per heavy atom. The highest BCUT2D eigenvalue weighted by Crippen LogP contribution is 2.26. The highest BCUT2D eigenvalue weighted by atomic mass is 35.5. The zero-order valence-electron chi connectivity index (χ0n) is 11.9. The second-order valence-electron chi connectivity index (χ2n) is 5.13. The fourth-order valence-electron chi connectivity index (χ4n) is 2.60. The van der Waals surface area contributed by atoms with E-state index in [2.05, 4.69) is 26.8 Å². The van der Waals surface area contributed by atoms with Gasteiger partial charge in [0.1, 0.15) is 5.65 Å². The van der Waals surface area contributed by atoms with Gasteiger partial charge in [0.15, 0.2) is 0 Å². The van der Waals surface area contributed by atoms with Crippen molar-refractivity contribution in [3.8, 4) is 16.9 Å². The number of halogens is 1. The second-order valence-corrected chi connectivity index (χ2v) is 5.53. The number of nitrogens with zero attached hydrogens (tertiary/aromatic N) is 4. The standard InChI is InChI=1S/C17H13ClN4/c1-12-14(18)5-2-6-16(12)21-8-9-22-17(21)10-15(20-22)13-4-3-7-19-11-13/h2-11H,1H3. The van der Waals surface area contributed by atoms with Crippen LogP contribution in [-0.2, 0) is 0 Å². The first-order valence-electron chi connectivity index (χ1n) is 6.96. The van der Waals surface area contributed by atoms with Gasteiger partial charge in [-0.2, -0.15) is 5.10 Å². The summed E-state index contributed by atoms with van der Waals surface area (Å²) in [6.07, 6.45) is 7.51. The van der Waals surface area contributed by atoms with Gasteiger partial charge in [0.05, 0.1) is 11.4 Å². The lowest BCUT2D eigenvalue weighted by molar-refractivity contribution is 0.967. The second kappa shape index (κ2) is 5.00. The van der Waals surface area contributed by atoms with Gasteiger partial charge in [0.25, 0.3) is 0 Å². The molecule has 3 aromatic heterocycles. The molecule has 0 aliphatic rings. The van der Waals surface area contributed by atoms with E-state index >= 15 is 0 Å². The zero-order chi connectivity index (χ0) is 15.1. The van der Waals surface area contributed by atoms with Crippen LogP contribution in [0.25, 0.3) is 22.6 Å². The largest absolute Gasteiger partial charge is 0.300 e. The molecule has 0 aliphatic carbocycles. The molecule has 0 fully saturated rings. The monoisotopic (exact) mass is 308 g/mol. The predicted molar refractivity (Wildman–Crippen MR) is 87.5 cm³/mol. The molecule has 4 nitrogen and oxygen atoms in total. The van der Waals surface area contributed by atoms with Crippen LogP contribution in [0.1, 0.15) is 5.56 Å². The number of rotatable bonds is 2. The maximum atomic E-state index is 6.24. The average Bonchev–Trinajstić information content (AvgIpc) is 3.12. The Morgan fingerprint density at radius 2 is 2.00 bits per heavy atom. The molecule has 0 N–H and O–H groups in total. The minimum Gasteiger partial charge on any atom is -0.300 e. The van der Waals surface area contributed by atoms with Crippen molar-refractivity contribution >= 4 is 17.2 Å². The molecule has 0 aliphatic heterocycles. The molecule has 4 rings (SSSR count). The van der Waals surface area contributed by atoms with Crippen LogP contribution in [0, 0.1) is 6.92 Å². The van der Waals surface area contributed by atoms with Crippen LogP contribution < -0.4 is 0 Å².